The summed E-state index contributed by atoms with van der Waals surface area (Å²) in [5, 5.41) is 9.83. The predicted octanol–water partition coefficient (Wildman–Crippen LogP) is 0.743. The van der Waals surface area contributed by atoms with Gasteiger partial charge in [-0.15, -0.1) is 0 Å². The summed E-state index contributed by atoms with van der Waals surface area (Å²) in [6, 6.07) is 3.52. The van der Waals surface area contributed by atoms with Crippen LogP contribution in [0.5, 0.6) is 0 Å². The van der Waals surface area contributed by atoms with Crippen molar-refractivity contribution in [1.82, 2.24) is 9.80 Å². The highest BCUT2D eigenvalue weighted by Crippen LogP contribution is 2.12. The summed E-state index contributed by atoms with van der Waals surface area (Å²) in [5.41, 5.74) is 0. The highest BCUT2D eigenvalue weighted by molar-refractivity contribution is 5.91. The van der Waals surface area contributed by atoms with E-state index < -0.39 is 6.10 Å². The molecule has 21 heavy (non-hydrogen) atoms. The standard InChI is InChI=1S/C15H24N2O4/c1-3-20-11-13(18)10-16-6-8-17(9-7-16)15(19)14-5-4-12(2)21-14/h4-5,13,18H,3,6-11H2,1-2H3/t13-/m1/s1. The summed E-state index contributed by atoms with van der Waals surface area (Å²) in [4.78, 5) is 16.2. The highest BCUT2D eigenvalue weighted by Gasteiger charge is 2.24. The molecule has 0 aliphatic carbocycles. The Kier molecular flexibility index (Phi) is 5.78. The fourth-order valence-corrected chi connectivity index (χ4v) is 2.44. The number of ether oxygens (including phenoxy) is 1. The van der Waals surface area contributed by atoms with Crippen LogP contribution in [0.25, 0.3) is 0 Å². The van der Waals surface area contributed by atoms with Crippen LogP contribution in [0.2, 0.25) is 0 Å². The maximum atomic E-state index is 12.2. The number of aryl methyl sites for hydroxylation is 1. The molecule has 1 amide bonds. The number of carbonyl (C=O) groups is 1. The molecule has 1 aromatic rings. The number of aliphatic hydroxyl groups excluding tert-OH is 1. The fraction of sp³-hybridized carbons (Fsp3) is 0.667. The van der Waals surface area contributed by atoms with Gasteiger partial charge in [0.05, 0.1) is 12.7 Å². The fourth-order valence-electron chi connectivity index (χ4n) is 2.44. The third-order valence-electron chi connectivity index (χ3n) is 3.59. The minimum absolute atomic E-state index is 0.0578. The van der Waals surface area contributed by atoms with E-state index in [2.05, 4.69) is 4.90 Å². The van der Waals surface area contributed by atoms with E-state index in [-0.39, 0.29) is 5.91 Å². The number of piperazine rings is 1. The molecule has 0 aromatic carbocycles. The molecule has 118 valence electrons. The second-order valence-electron chi connectivity index (χ2n) is 5.32. The first-order valence-electron chi connectivity index (χ1n) is 7.44. The van der Waals surface area contributed by atoms with Gasteiger partial charge in [0, 0.05) is 39.3 Å². The molecule has 2 heterocycles. The van der Waals surface area contributed by atoms with Crippen LogP contribution in [-0.4, -0.2) is 72.9 Å². The van der Waals surface area contributed by atoms with Crippen LogP contribution < -0.4 is 0 Å². The average molecular weight is 296 g/mol. The Bertz CT molecular complexity index is 452. The number of β-amino-alcohol motifs (C(OH)–C–C–N with tert-alkyl or cyclic N) is 1. The van der Waals surface area contributed by atoms with E-state index in [1.807, 2.05) is 13.8 Å². The lowest BCUT2D eigenvalue weighted by Crippen LogP contribution is -2.50. The first kappa shape index (κ1) is 16.0. The molecule has 1 fully saturated rings. The first-order chi connectivity index (χ1) is 10.1. The van der Waals surface area contributed by atoms with E-state index in [9.17, 15) is 9.90 Å². The minimum Gasteiger partial charge on any atom is -0.456 e. The van der Waals surface area contributed by atoms with Gasteiger partial charge >= 0.3 is 0 Å². The zero-order chi connectivity index (χ0) is 15.2. The summed E-state index contributed by atoms with van der Waals surface area (Å²) in [6.07, 6.45) is -0.472. The Hall–Kier alpha value is -1.37. The number of carbonyl (C=O) groups excluding carboxylic acids is 1. The lowest BCUT2D eigenvalue weighted by Gasteiger charge is -2.35. The highest BCUT2D eigenvalue weighted by atomic mass is 16.5. The van der Waals surface area contributed by atoms with Crippen LogP contribution in [0.1, 0.15) is 23.2 Å². The third-order valence-corrected chi connectivity index (χ3v) is 3.59. The number of hydrogen-bond acceptors (Lipinski definition) is 5. The molecule has 0 spiro atoms. The number of amides is 1. The Balaban J connectivity index is 1.76. The molecule has 1 saturated heterocycles. The van der Waals surface area contributed by atoms with Crippen LogP contribution in [0, 0.1) is 6.92 Å². The van der Waals surface area contributed by atoms with E-state index in [1.54, 1.807) is 17.0 Å². The number of aliphatic hydroxyl groups is 1. The van der Waals surface area contributed by atoms with Gasteiger partial charge in [0.15, 0.2) is 5.76 Å². The van der Waals surface area contributed by atoms with E-state index in [1.165, 1.54) is 0 Å². The minimum atomic E-state index is -0.472. The van der Waals surface area contributed by atoms with Crippen LogP contribution >= 0.6 is 0 Å². The molecule has 0 unspecified atom stereocenters. The van der Waals surface area contributed by atoms with Gasteiger partial charge in [-0.2, -0.15) is 0 Å². The molecule has 1 aromatic heterocycles. The molecule has 1 N–H and O–H groups in total. The van der Waals surface area contributed by atoms with Crippen molar-refractivity contribution in [3.63, 3.8) is 0 Å². The van der Waals surface area contributed by atoms with Crippen LogP contribution in [0.15, 0.2) is 16.5 Å². The molecule has 0 radical (unpaired) electrons. The van der Waals surface area contributed by atoms with Gasteiger partial charge in [-0.1, -0.05) is 0 Å². The van der Waals surface area contributed by atoms with Gasteiger partial charge in [-0.3, -0.25) is 9.69 Å². The molecule has 6 heteroatoms. The Morgan fingerprint density at radius 3 is 2.67 bits per heavy atom. The van der Waals surface area contributed by atoms with Crippen LogP contribution in [0.3, 0.4) is 0 Å². The number of hydrogen-bond donors (Lipinski definition) is 1. The Morgan fingerprint density at radius 2 is 2.10 bits per heavy atom. The maximum absolute atomic E-state index is 12.2. The molecular weight excluding hydrogens is 272 g/mol. The summed E-state index contributed by atoms with van der Waals surface area (Å²) >= 11 is 0. The van der Waals surface area contributed by atoms with Gasteiger partial charge in [-0.25, -0.2) is 0 Å². The van der Waals surface area contributed by atoms with E-state index in [0.29, 0.717) is 38.6 Å². The van der Waals surface area contributed by atoms with Gasteiger partial charge in [0.2, 0.25) is 0 Å². The van der Waals surface area contributed by atoms with E-state index in [4.69, 9.17) is 9.15 Å². The molecule has 1 aliphatic heterocycles. The average Bonchev–Trinajstić information content (AvgIpc) is 2.92. The smallest absolute Gasteiger partial charge is 0.289 e. The second-order valence-corrected chi connectivity index (χ2v) is 5.32. The monoisotopic (exact) mass is 296 g/mol. The SMILES string of the molecule is CCOC[C@H](O)CN1CCN(C(=O)c2ccc(C)o2)CC1. The molecular formula is C15H24N2O4. The molecule has 0 bridgehead atoms. The molecule has 1 atom stereocenters. The molecule has 1 aliphatic rings. The van der Waals surface area contributed by atoms with Crippen molar-refractivity contribution in [3.8, 4) is 0 Å². The third kappa shape index (κ3) is 4.56. The van der Waals surface area contributed by atoms with Crippen molar-refractivity contribution in [2.75, 3.05) is 45.9 Å². The van der Waals surface area contributed by atoms with Crippen molar-refractivity contribution in [1.29, 1.82) is 0 Å². The molecule has 0 saturated carbocycles. The van der Waals surface area contributed by atoms with Crippen molar-refractivity contribution < 1.29 is 19.1 Å². The summed E-state index contributed by atoms with van der Waals surface area (Å²) in [6.45, 7) is 8.12. The topological polar surface area (TPSA) is 66.2 Å². The van der Waals surface area contributed by atoms with E-state index >= 15 is 0 Å². The quantitative estimate of drug-likeness (QED) is 0.839. The zero-order valence-electron chi connectivity index (χ0n) is 12.7. The van der Waals surface area contributed by atoms with Gasteiger partial charge in [-0.05, 0) is 26.0 Å². The number of rotatable bonds is 6. The first-order valence-corrected chi connectivity index (χ1v) is 7.44. The normalized spacial score (nSPS) is 18.0. The summed E-state index contributed by atoms with van der Waals surface area (Å²) in [5.74, 6) is 1.09. The van der Waals surface area contributed by atoms with Gasteiger partial charge < -0.3 is 19.2 Å². The Labute approximate surface area is 125 Å². The van der Waals surface area contributed by atoms with Crippen LogP contribution in [0.4, 0.5) is 0 Å². The van der Waals surface area contributed by atoms with Crippen molar-refractivity contribution in [3.05, 3.63) is 23.7 Å². The van der Waals surface area contributed by atoms with Crippen LogP contribution in [-0.2, 0) is 4.74 Å². The predicted molar refractivity (Wildman–Crippen MR) is 78.3 cm³/mol. The second kappa shape index (κ2) is 7.59. The largest absolute Gasteiger partial charge is 0.456 e. The lowest BCUT2D eigenvalue weighted by molar-refractivity contribution is 0.0107. The van der Waals surface area contributed by atoms with E-state index in [0.717, 1.165) is 18.8 Å². The van der Waals surface area contributed by atoms with Crippen molar-refractivity contribution in [2.45, 2.75) is 20.0 Å². The summed E-state index contributed by atoms with van der Waals surface area (Å²) < 4.78 is 10.6. The van der Waals surface area contributed by atoms with Gasteiger partial charge in [0.1, 0.15) is 5.76 Å². The zero-order valence-corrected chi connectivity index (χ0v) is 12.7. The van der Waals surface area contributed by atoms with Crippen molar-refractivity contribution >= 4 is 5.91 Å². The lowest BCUT2D eigenvalue weighted by atomic mass is 10.2. The molecule has 6 nitrogen and oxygen atoms in total. The maximum Gasteiger partial charge on any atom is 0.289 e. The molecule has 2 rings (SSSR count). The number of nitrogens with zero attached hydrogens (tertiary/aromatic N) is 2. The number of furan rings is 1. The van der Waals surface area contributed by atoms with Crippen molar-refractivity contribution in [2.24, 2.45) is 0 Å². The summed E-state index contributed by atoms with van der Waals surface area (Å²) in [7, 11) is 0. The van der Waals surface area contributed by atoms with Gasteiger partial charge in [0.25, 0.3) is 5.91 Å². The Morgan fingerprint density at radius 1 is 1.38 bits per heavy atom.